The van der Waals surface area contributed by atoms with Gasteiger partial charge in [-0.25, -0.2) is 13.8 Å². The van der Waals surface area contributed by atoms with Gasteiger partial charge in [0.25, 0.3) is 12.3 Å². The fourth-order valence-electron chi connectivity index (χ4n) is 1.21. The fraction of sp³-hybridized carbons (Fsp3) is 0.455. The first kappa shape index (κ1) is 14.6. The average Bonchev–Trinajstić information content (AvgIpc) is 2.35. The third-order valence-corrected chi connectivity index (χ3v) is 2.34. The molecule has 1 aromatic rings. The van der Waals surface area contributed by atoms with Crippen LogP contribution in [0.5, 0.6) is 0 Å². The number of carbonyl (C=O) groups excluding carboxylic acids is 1. The number of aromatic nitrogens is 1. The van der Waals surface area contributed by atoms with Crippen molar-refractivity contribution in [3.05, 3.63) is 22.8 Å². The summed E-state index contributed by atoms with van der Waals surface area (Å²) in [6.45, 7) is 1.97. The molecule has 0 aliphatic carbocycles. The molecule has 0 spiro atoms. The Morgan fingerprint density at radius 1 is 1.50 bits per heavy atom. The van der Waals surface area contributed by atoms with E-state index in [9.17, 15) is 13.6 Å². The second-order valence-corrected chi connectivity index (χ2v) is 3.96. The number of anilines is 1. The summed E-state index contributed by atoms with van der Waals surface area (Å²) in [5.41, 5.74) is -0.0570. The van der Waals surface area contributed by atoms with Gasteiger partial charge in [0.1, 0.15) is 11.5 Å². The Balaban J connectivity index is 2.76. The van der Waals surface area contributed by atoms with E-state index in [2.05, 4.69) is 15.6 Å². The zero-order chi connectivity index (χ0) is 13.5. The van der Waals surface area contributed by atoms with Crippen LogP contribution in [0.4, 0.5) is 14.6 Å². The maximum absolute atomic E-state index is 12.0. The highest BCUT2D eigenvalue weighted by molar-refractivity contribution is 6.33. The Labute approximate surface area is 109 Å². The van der Waals surface area contributed by atoms with Crippen molar-refractivity contribution in [2.24, 2.45) is 0 Å². The molecule has 18 heavy (non-hydrogen) atoms. The van der Waals surface area contributed by atoms with Crippen molar-refractivity contribution in [2.45, 2.75) is 19.8 Å². The molecule has 0 saturated carbocycles. The van der Waals surface area contributed by atoms with Gasteiger partial charge in [-0.1, -0.05) is 18.5 Å². The highest BCUT2D eigenvalue weighted by Crippen LogP contribution is 2.16. The van der Waals surface area contributed by atoms with Gasteiger partial charge in [-0.2, -0.15) is 0 Å². The fourth-order valence-corrected chi connectivity index (χ4v) is 1.40. The summed E-state index contributed by atoms with van der Waals surface area (Å²) >= 11 is 5.80. The maximum atomic E-state index is 12.0. The van der Waals surface area contributed by atoms with Crippen LogP contribution in [-0.4, -0.2) is 30.4 Å². The molecule has 0 aliphatic heterocycles. The molecule has 1 aromatic heterocycles. The van der Waals surface area contributed by atoms with E-state index in [1.165, 1.54) is 6.07 Å². The molecule has 1 heterocycles. The van der Waals surface area contributed by atoms with Gasteiger partial charge in [-0.05, 0) is 18.6 Å². The van der Waals surface area contributed by atoms with E-state index in [-0.39, 0.29) is 10.7 Å². The standard InChI is InChI=1S/C11H14ClF2N3O/c1-2-5-15-9-4-3-7(12)10(17-9)11(18)16-6-8(13)14/h3-4,8H,2,5-6H2,1H3,(H,15,17)(H,16,18). The van der Waals surface area contributed by atoms with Gasteiger partial charge in [0, 0.05) is 6.54 Å². The van der Waals surface area contributed by atoms with Crippen LogP contribution in [0, 0.1) is 0 Å². The Hall–Kier alpha value is -1.43. The van der Waals surface area contributed by atoms with Crippen LogP contribution >= 0.6 is 11.6 Å². The first-order chi connectivity index (χ1) is 8.54. The summed E-state index contributed by atoms with van der Waals surface area (Å²) in [6, 6.07) is 3.13. The van der Waals surface area contributed by atoms with Gasteiger partial charge in [-0.3, -0.25) is 4.79 Å². The number of nitrogens with zero attached hydrogens (tertiary/aromatic N) is 1. The summed E-state index contributed by atoms with van der Waals surface area (Å²) in [7, 11) is 0. The largest absolute Gasteiger partial charge is 0.370 e. The zero-order valence-corrected chi connectivity index (χ0v) is 10.6. The molecule has 1 amide bonds. The maximum Gasteiger partial charge on any atom is 0.271 e. The molecule has 0 radical (unpaired) electrons. The topological polar surface area (TPSA) is 54.0 Å². The summed E-state index contributed by atoms with van der Waals surface area (Å²) in [6.07, 6.45) is -1.70. The average molecular weight is 278 g/mol. The van der Waals surface area contributed by atoms with Crippen molar-refractivity contribution >= 4 is 23.3 Å². The molecule has 0 unspecified atom stereocenters. The Morgan fingerprint density at radius 3 is 2.83 bits per heavy atom. The predicted molar refractivity (Wildman–Crippen MR) is 66.4 cm³/mol. The van der Waals surface area contributed by atoms with Crippen LogP contribution < -0.4 is 10.6 Å². The Kier molecular flexibility index (Phi) is 5.77. The SMILES string of the molecule is CCCNc1ccc(Cl)c(C(=O)NCC(F)F)n1. The number of alkyl halides is 2. The lowest BCUT2D eigenvalue weighted by Crippen LogP contribution is -2.29. The number of amides is 1. The number of hydrogen-bond acceptors (Lipinski definition) is 3. The van der Waals surface area contributed by atoms with Crippen LogP contribution in [0.25, 0.3) is 0 Å². The minimum Gasteiger partial charge on any atom is -0.370 e. The molecular formula is C11H14ClF2N3O. The quantitative estimate of drug-likeness (QED) is 0.840. The van der Waals surface area contributed by atoms with Crippen molar-refractivity contribution < 1.29 is 13.6 Å². The van der Waals surface area contributed by atoms with Gasteiger partial charge in [0.15, 0.2) is 0 Å². The summed E-state index contributed by atoms with van der Waals surface area (Å²) in [5.74, 6) is -0.219. The van der Waals surface area contributed by atoms with E-state index in [0.29, 0.717) is 12.4 Å². The number of nitrogens with one attached hydrogen (secondary N) is 2. The first-order valence-electron chi connectivity index (χ1n) is 5.51. The molecular weight excluding hydrogens is 264 g/mol. The van der Waals surface area contributed by atoms with Gasteiger partial charge in [0.2, 0.25) is 0 Å². The van der Waals surface area contributed by atoms with Crippen LogP contribution in [0.2, 0.25) is 5.02 Å². The van der Waals surface area contributed by atoms with Gasteiger partial charge in [0.05, 0.1) is 11.6 Å². The van der Waals surface area contributed by atoms with Gasteiger partial charge in [-0.15, -0.1) is 0 Å². The monoisotopic (exact) mass is 277 g/mol. The lowest BCUT2D eigenvalue weighted by molar-refractivity contribution is 0.0887. The van der Waals surface area contributed by atoms with E-state index in [0.717, 1.165) is 6.42 Å². The van der Waals surface area contributed by atoms with E-state index in [4.69, 9.17) is 11.6 Å². The van der Waals surface area contributed by atoms with E-state index in [1.807, 2.05) is 6.92 Å². The normalized spacial score (nSPS) is 10.5. The highest BCUT2D eigenvalue weighted by Gasteiger charge is 2.14. The molecule has 100 valence electrons. The minimum absolute atomic E-state index is 0.0570. The number of hydrogen-bond donors (Lipinski definition) is 2. The van der Waals surface area contributed by atoms with E-state index >= 15 is 0 Å². The number of halogens is 3. The van der Waals surface area contributed by atoms with E-state index in [1.54, 1.807) is 6.07 Å². The molecule has 0 fully saturated rings. The van der Waals surface area contributed by atoms with Crippen molar-refractivity contribution in [3.63, 3.8) is 0 Å². The molecule has 2 N–H and O–H groups in total. The number of rotatable bonds is 6. The third-order valence-electron chi connectivity index (χ3n) is 2.03. The zero-order valence-electron chi connectivity index (χ0n) is 9.84. The molecule has 0 aliphatic rings. The molecule has 0 bridgehead atoms. The molecule has 0 atom stereocenters. The van der Waals surface area contributed by atoms with Gasteiger partial charge >= 0.3 is 0 Å². The van der Waals surface area contributed by atoms with Crippen LogP contribution in [0.3, 0.4) is 0 Å². The molecule has 0 aromatic carbocycles. The third kappa shape index (κ3) is 4.44. The summed E-state index contributed by atoms with van der Waals surface area (Å²) in [4.78, 5) is 15.6. The first-order valence-corrected chi connectivity index (χ1v) is 5.89. The number of carbonyl (C=O) groups is 1. The van der Waals surface area contributed by atoms with Crippen LogP contribution in [-0.2, 0) is 0 Å². The Morgan fingerprint density at radius 2 is 2.22 bits per heavy atom. The van der Waals surface area contributed by atoms with Crippen LogP contribution in [0.15, 0.2) is 12.1 Å². The lowest BCUT2D eigenvalue weighted by atomic mass is 10.3. The molecule has 1 rings (SSSR count). The highest BCUT2D eigenvalue weighted by atomic mass is 35.5. The second-order valence-electron chi connectivity index (χ2n) is 3.55. The second kappa shape index (κ2) is 7.10. The van der Waals surface area contributed by atoms with Crippen molar-refractivity contribution in [3.8, 4) is 0 Å². The smallest absolute Gasteiger partial charge is 0.271 e. The van der Waals surface area contributed by atoms with Crippen LogP contribution in [0.1, 0.15) is 23.8 Å². The van der Waals surface area contributed by atoms with Gasteiger partial charge < -0.3 is 10.6 Å². The molecule has 4 nitrogen and oxygen atoms in total. The van der Waals surface area contributed by atoms with E-state index < -0.39 is 18.9 Å². The predicted octanol–water partition coefficient (Wildman–Crippen LogP) is 2.55. The number of pyridine rings is 1. The van der Waals surface area contributed by atoms with Crippen molar-refractivity contribution in [1.82, 2.24) is 10.3 Å². The summed E-state index contributed by atoms with van der Waals surface area (Å²) < 4.78 is 24.0. The van der Waals surface area contributed by atoms with Crippen molar-refractivity contribution in [2.75, 3.05) is 18.4 Å². The lowest BCUT2D eigenvalue weighted by Gasteiger charge is -2.08. The molecule has 7 heteroatoms. The van der Waals surface area contributed by atoms with Crippen molar-refractivity contribution in [1.29, 1.82) is 0 Å². The Bertz CT molecular complexity index is 415. The summed E-state index contributed by atoms with van der Waals surface area (Å²) in [5, 5.41) is 5.17. The molecule has 0 saturated heterocycles. The minimum atomic E-state index is -2.60.